The maximum Gasteiger partial charge on any atom is 0.259 e. The molecule has 26 heavy (non-hydrogen) atoms. The van der Waals surface area contributed by atoms with E-state index in [0.29, 0.717) is 34.8 Å². The van der Waals surface area contributed by atoms with Crippen LogP contribution in [0.2, 0.25) is 0 Å². The lowest BCUT2D eigenvalue weighted by molar-refractivity contribution is 0.0935. The van der Waals surface area contributed by atoms with Gasteiger partial charge >= 0.3 is 0 Å². The second-order valence-electron chi connectivity index (χ2n) is 6.98. The Balaban J connectivity index is 1.80. The third-order valence-electron chi connectivity index (χ3n) is 4.94. The molecule has 0 saturated heterocycles. The summed E-state index contributed by atoms with van der Waals surface area (Å²) in [5.74, 6) is 0.350. The summed E-state index contributed by atoms with van der Waals surface area (Å²) in [6.07, 6.45) is 2.25. The predicted octanol–water partition coefficient (Wildman–Crippen LogP) is 3.34. The van der Waals surface area contributed by atoms with Crippen LogP contribution in [-0.4, -0.2) is 28.6 Å². The number of hydrogen-bond acceptors (Lipinski definition) is 6. The molecule has 0 aromatic carbocycles. The molecule has 1 fully saturated rings. The first-order chi connectivity index (χ1) is 12.5. The molecule has 6 nitrogen and oxygen atoms in total. The maximum atomic E-state index is 13.0. The monoisotopic (exact) mass is 370 g/mol. The number of thiophene rings is 1. The van der Waals surface area contributed by atoms with Gasteiger partial charge in [-0.15, -0.1) is 11.3 Å². The first-order valence-electron chi connectivity index (χ1n) is 8.83. The Morgan fingerprint density at radius 1 is 1.38 bits per heavy atom. The second-order valence-corrected chi connectivity index (χ2v) is 8.44. The maximum absolute atomic E-state index is 13.0. The Labute approximate surface area is 155 Å². The van der Waals surface area contributed by atoms with Gasteiger partial charge in [-0.3, -0.25) is 4.79 Å². The minimum absolute atomic E-state index is 0.0134. The van der Waals surface area contributed by atoms with E-state index in [9.17, 15) is 4.79 Å². The molecule has 0 bridgehead atoms. The van der Waals surface area contributed by atoms with Crippen molar-refractivity contribution in [2.24, 2.45) is 11.7 Å². The van der Waals surface area contributed by atoms with E-state index >= 15 is 0 Å². The molecular formula is C19H22N4O2S. The number of nitrogens with zero attached hydrogens (tertiary/aromatic N) is 2. The van der Waals surface area contributed by atoms with Crippen molar-refractivity contribution in [3.05, 3.63) is 33.1 Å². The molecule has 3 aromatic rings. The molecule has 0 aliphatic heterocycles. The molecule has 0 spiro atoms. The van der Waals surface area contributed by atoms with Gasteiger partial charge in [0.05, 0.1) is 22.3 Å². The average Bonchev–Trinajstić information content (AvgIpc) is 3.31. The van der Waals surface area contributed by atoms with Gasteiger partial charge in [-0.1, -0.05) is 5.16 Å². The van der Waals surface area contributed by atoms with Crippen LogP contribution in [0.1, 0.15) is 38.6 Å². The summed E-state index contributed by atoms with van der Waals surface area (Å²) in [5.41, 5.74) is 9.21. The molecule has 3 aromatic heterocycles. The fourth-order valence-corrected chi connectivity index (χ4v) is 4.34. The van der Waals surface area contributed by atoms with Gasteiger partial charge in [-0.05, 0) is 51.7 Å². The van der Waals surface area contributed by atoms with Crippen molar-refractivity contribution < 1.29 is 9.32 Å². The van der Waals surface area contributed by atoms with Crippen molar-refractivity contribution in [2.45, 2.75) is 39.7 Å². The standard InChI is InChI=1S/C19H22N4O2S/c1-9-6-13(11(3)26-9)15-7-14(17-10(2)23-25-19(17)22-15)18(24)21-16(8-20)12-4-5-12/h6-7,12,16H,4-5,8,20H2,1-3H3,(H,21,24). The minimum Gasteiger partial charge on any atom is -0.348 e. The smallest absolute Gasteiger partial charge is 0.259 e. The second kappa shape index (κ2) is 6.48. The highest BCUT2D eigenvalue weighted by Crippen LogP contribution is 2.34. The van der Waals surface area contributed by atoms with Crippen LogP contribution in [0, 0.1) is 26.7 Å². The SMILES string of the molecule is Cc1cc(-c2cc(C(=O)NC(CN)C3CC3)c3c(C)noc3n2)c(C)s1. The zero-order valence-electron chi connectivity index (χ0n) is 15.1. The summed E-state index contributed by atoms with van der Waals surface area (Å²) in [6.45, 7) is 6.39. The van der Waals surface area contributed by atoms with E-state index in [4.69, 9.17) is 10.3 Å². The lowest BCUT2D eigenvalue weighted by Gasteiger charge is -2.16. The van der Waals surface area contributed by atoms with Gasteiger partial charge in [0.1, 0.15) is 0 Å². The highest BCUT2D eigenvalue weighted by Gasteiger charge is 2.32. The fraction of sp³-hybridized carbons (Fsp3) is 0.421. The van der Waals surface area contributed by atoms with E-state index in [0.717, 1.165) is 29.0 Å². The van der Waals surface area contributed by atoms with Gasteiger partial charge < -0.3 is 15.6 Å². The van der Waals surface area contributed by atoms with E-state index in [1.807, 2.05) is 13.0 Å². The highest BCUT2D eigenvalue weighted by atomic mass is 32.1. The number of pyridine rings is 1. The molecule has 136 valence electrons. The van der Waals surface area contributed by atoms with E-state index in [2.05, 4.69) is 35.4 Å². The molecule has 0 radical (unpaired) electrons. The summed E-state index contributed by atoms with van der Waals surface area (Å²) in [4.78, 5) is 20.0. The van der Waals surface area contributed by atoms with E-state index in [1.54, 1.807) is 11.3 Å². The minimum atomic E-state index is -0.142. The summed E-state index contributed by atoms with van der Waals surface area (Å²) in [6, 6.07) is 3.95. The Morgan fingerprint density at radius 3 is 2.77 bits per heavy atom. The average molecular weight is 370 g/mol. The number of aromatic nitrogens is 2. The largest absolute Gasteiger partial charge is 0.348 e. The lowest BCUT2D eigenvalue weighted by atomic mass is 10.0. The van der Waals surface area contributed by atoms with Gasteiger partial charge in [0.15, 0.2) is 0 Å². The number of fused-ring (bicyclic) bond motifs is 1. The van der Waals surface area contributed by atoms with Crippen molar-refractivity contribution in [1.29, 1.82) is 0 Å². The number of nitrogens with one attached hydrogen (secondary N) is 1. The Kier molecular flexibility index (Phi) is 4.28. The Morgan fingerprint density at radius 2 is 2.15 bits per heavy atom. The quantitative estimate of drug-likeness (QED) is 0.718. The topological polar surface area (TPSA) is 94.0 Å². The Hall–Kier alpha value is -2.25. The van der Waals surface area contributed by atoms with Crippen LogP contribution >= 0.6 is 11.3 Å². The van der Waals surface area contributed by atoms with Gasteiger partial charge in [0.2, 0.25) is 0 Å². The van der Waals surface area contributed by atoms with Crippen molar-refractivity contribution in [1.82, 2.24) is 15.5 Å². The number of amides is 1. The summed E-state index contributed by atoms with van der Waals surface area (Å²) in [7, 11) is 0. The number of carbonyl (C=O) groups is 1. The first kappa shape index (κ1) is 17.2. The summed E-state index contributed by atoms with van der Waals surface area (Å²) in [5, 5.41) is 7.77. The van der Waals surface area contributed by atoms with Crippen LogP contribution in [0.5, 0.6) is 0 Å². The van der Waals surface area contributed by atoms with Gasteiger partial charge in [0, 0.05) is 27.9 Å². The molecule has 1 aliphatic rings. The van der Waals surface area contributed by atoms with E-state index in [1.165, 1.54) is 4.88 Å². The van der Waals surface area contributed by atoms with Crippen LogP contribution < -0.4 is 11.1 Å². The van der Waals surface area contributed by atoms with Crippen LogP contribution in [-0.2, 0) is 0 Å². The molecule has 3 heterocycles. The highest BCUT2D eigenvalue weighted by molar-refractivity contribution is 7.12. The fourth-order valence-electron chi connectivity index (χ4n) is 3.41. The molecular weight excluding hydrogens is 348 g/mol. The van der Waals surface area contributed by atoms with Crippen molar-refractivity contribution in [2.75, 3.05) is 6.54 Å². The summed E-state index contributed by atoms with van der Waals surface area (Å²) >= 11 is 1.71. The third kappa shape index (κ3) is 3.01. The van der Waals surface area contributed by atoms with Gasteiger partial charge in [-0.2, -0.15) is 0 Å². The number of carbonyl (C=O) groups excluding carboxylic acids is 1. The summed E-state index contributed by atoms with van der Waals surface area (Å²) < 4.78 is 5.38. The number of hydrogen-bond donors (Lipinski definition) is 2. The number of aryl methyl sites for hydroxylation is 3. The van der Waals surface area contributed by atoms with Gasteiger partial charge in [0.25, 0.3) is 11.6 Å². The zero-order valence-corrected chi connectivity index (χ0v) is 15.9. The molecule has 7 heteroatoms. The van der Waals surface area contributed by atoms with Crippen LogP contribution in [0.15, 0.2) is 16.7 Å². The van der Waals surface area contributed by atoms with E-state index in [-0.39, 0.29) is 11.9 Å². The zero-order chi connectivity index (χ0) is 18.4. The van der Waals surface area contributed by atoms with Crippen molar-refractivity contribution in [3.8, 4) is 11.3 Å². The Bertz CT molecular complexity index is 987. The predicted molar refractivity (Wildman–Crippen MR) is 102 cm³/mol. The lowest BCUT2D eigenvalue weighted by Crippen LogP contribution is -2.41. The van der Waals surface area contributed by atoms with Crippen LogP contribution in [0.4, 0.5) is 0 Å². The molecule has 1 atom stereocenters. The van der Waals surface area contributed by atoms with Crippen LogP contribution in [0.25, 0.3) is 22.4 Å². The normalized spacial score (nSPS) is 15.4. The van der Waals surface area contributed by atoms with Gasteiger partial charge in [-0.25, -0.2) is 4.98 Å². The molecule has 4 rings (SSSR count). The number of rotatable bonds is 5. The molecule has 1 amide bonds. The molecule has 1 saturated carbocycles. The van der Waals surface area contributed by atoms with Crippen molar-refractivity contribution >= 4 is 28.3 Å². The third-order valence-corrected chi connectivity index (χ3v) is 5.91. The number of nitrogens with two attached hydrogens (primary N) is 1. The molecule has 3 N–H and O–H groups in total. The molecule has 1 aliphatic carbocycles. The molecule has 1 unspecified atom stereocenters. The first-order valence-corrected chi connectivity index (χ1v) is 9.65. The van der Waals surface area contributed by atoms with E-state index < -0.39 is 0 Å². The van der Waals surface area contributed by atoms with Crippen molar-refractivity contribution in [3.63, 3.8) is 0 Å². The van der Waals surface area contributed by atoms with Crippen LogP contribution in [0.3, 0.4) is 0 Å².